The Kier molecular flexibility index (Phi) is 3.83. The number of fused-ring (bicyclic) bond motifs is 1. The number of pyridine rings is 1. The van der Waals surface area contributed by atoms with Gasteiger partial charge in [0.2, 0.25) is 0 Å². The van der Waals surface area contributed by atoms with Crippen molar-refractivity contribution < 1.29 is 9.90 Å². The second-order valence-electron chi connectivity index (χ2n) is 5.52. The minimum atomic E-state index is -0.886. The molecular weight excluding hydrogens is 322 g/mol. The van der Waals surface area contributed by atoms with Crippen molar-refractivity contribution in [3.63, 3.8) is 0 Å². The summed E-state index contributed by atoms with van der Waals surface area (Å²) in [6.45, 7) is 0.651. The predicted octanol–water partition coefficient (Wildman–Crippen LogP) is 3.70. The molecule has 0 radical (unpaired) electrons. The zero-order valence-corrected chi connectivity index (χ0v) is 12.8. The molecule has 1 atom stereocenters. The van der Waals surface area contributed by atoms with E-state index in [0.29, 0.717) is 24.0 Å². The Balaban J connectivity index is 1.94. The first-order chi connectivity index (χ1) is 9.66. The van der Waals surface area contributed by atoms with Crippen LogP contribution in [0.2, 0.25) is 0 Å². The molecule has 1 saturated carbocycles. The van der Waals surface area contributed by atoms with Crippen molar-refractivity contribution in [1.82, 2.24) is 4.98 Å². The van der Waals surface area contributed by atoms with Crippen LogP contribution in [0.3, 0.4) is 0 Å². The lowest BCUT2D eigenvalue weighted by atomic mass is 9.82. The highest BCUT2D eigenvalue weighted by molar-refractivity contribution is 9.10. The van der Waals surface area contributed by atoms with E-state index in [9.17, 15) is 9.90 Å². The van der Waals surface area contributed by atoms with Gasteiger partial charge in [-0.1, -0.05) is 19.3 Å². The number of hydrogen-bond acceptors (Lipinski definition) is 3. The first kappa shape index (κ1) is 13.7. The molecule has 3 rings (SSSR count). The van der Waals surface area contributed by atoms with Gasteiger partial charge in [0, 0.05) is 17.2 Å². The fraction of sp³-hybridized carbons (Fsp3) is 0.571. The molecule has 1 amide bonds. The molecule has 1 aromatic heterocycles. The van der Waals surface area contributed by atoms with Gasteiger partial charge in [-0.2, -0.15) is 0 Å². The molecular formula is C14H18BrN3O2. The van der Waals surface area contributed by atoms with Crippen LogP contribution >= 0.6 is 15.9 Å². The molecule has 0 aromatic carbocycles. The number of anilines is 2. The van der Waals surface area contributed by atoms with Crippen LogP contribution in [0.25, 0.3) is 0 Å². The standard InChI is InChI=1S/C14H18BrN3O2/c15-10-6-11-13(16-7-10)17-8-12(18(11)14(19)20)9-4-2-1-3-5-9/h6-7,9,12H,1-5,8H2,(H,16,17)(H,19,20). The van der Waals surface area contributed by atoms with Crippen molar-refractivity contribution in [2.75, 3.05) is 16.8 Å². The molecule has 0 saturated heterocycles. The molecule has 1 unspecified atom stereocenters. The number of carbonyl (C=O) groups is 1. The highest BCUT2D eigenvalue weighted by atomic mass is 79.9. The van der Waals surface area contributed by atoms with Crippen LogP contribution in [0.15, 0.2) is 16.7 Å². The van der Waals surface area contributed by atoms with Crippen molar-refractivity contribution in [3.05, 3.63) is 16.7 Å². The van der Waals surface area contributed by atoms with E-state index in [0.717, 1.165) is 17.3 Å². The van der Waals surface area contributed by atoms with Crippen LogP contribution in [0, 0.1) is 5.92 Å². The fourth-order valence-corrected chi connectivity index (χ4v) is 3.68. The lowest BCUT2D eigenvalue weighted by molar-refractivity contribution is 0.192. The number of nitrogens with zero attached hydrogens (tertiary/aromatic N) is 2. The highest BCUT2D eigenvalue weighted by Gasteiger charge is 2.37. The van der Waals surface area contributed by atoms with E-state index in [-0.39, 0.29) is 6.04 Å². The molecule has 0 spiro atoms. The van der Waals surface area contributed by atoms with E-state index in [2.05, 4.69) is 26.2 Å². The normalized spacial score (nSPS) is 23.1. The molecule has 108 valence electrons. The van der Waals surface area contributed by atoms with E-state index in [1.54, 1.807) is 6.20 Å². The number of amides is 1. The summed E-state index contributed by atoms with van der Waals surface area (Å²) in [5, 5.41) is 12.9. The summed E-state index contributed by atoms with van der Waals surface area (Å²) in [5.74, 6) is 1.10. The molecule has 5 nitrogen and oxygen atoms in total. The fourth-order valence-electron chi connectivity index (χ4n) is 3.36. The van der Waals surface area contributed by atoms with E-state index in [1.165, 1.54) is 24.2 Å². The number of hydrogen-bond donors (Lipinski definition) is 2. The largest absolute Gasteiger partial charge is 0.465 e. The Labute approximate surface area is 126 Å². The Bertz CT molecular complexity index is 517. The summed E-state index contributed by atoms with van der Waals surface area (Å²) in [4.78, 5) is 17.5. The minimum Gasteiger partial charge on any atom is -0.465 e. The molecule has 2 aliphatic rings. The third-order valence-electron chi connectivity index (χ3n) is 4.30. The second kappa shape index (κ2) is 5.60. The Morgan fingerprint density at radius 2 is 2.15 bits per heavy atom. The molecule has 6 heteroatoms. The molecule has 1 fully saturated rings. The average Bonchev–Trinajstić information content (AvgIpc) is 2.46. The summed E-state index contributed by atoms with van der Waals surface area (Å²) < 4.78 is 0.800. The Morgan fingerprint density at radius 1 is 1.40 bits per heavy atom. The van der Waals surface area contributed by atoms with E-state index < -0.39 is 6.09 Å². The molecule has 1 aliphatic heterocycles. The third kappa shape index (κ3) is 2.49. The molecule has 0 bridgehead atoms. The lowest BCUT2D eigenvalue weighted by Gasteiger charge is -2.41. The summed E-state index contributed by atoms with van der Waals surface area (Å²) in [6.07, 6.45) is 6.72. The van der Waals surface area contributed by atoms with E-state index in [1.807, 2.05) is 6.07 Å². The lowest BCUT2D eigenvalue weighted by Crippen LogP contribution is -2.51. The van der Waals surface area contributed by atoms with E-state index >= 15 is 0 Å². The Hall–Kier alpha value is -1.30. The maximum Gasteiger partial charge on any atom is 0.412 e. The molecule has 2 N–H and O–H groups in total. The molecule has 20 heavy (non-hydrogen) atoms. The predicted molar refractivity (Wildman–Crippen MR) is 81.3 cm³/mol. The van der Waals surface area contributed by atoms with Gasteiger partial charge in [0.1, 0.15) is 5.82 Å². The van der Waals surface area contributed by atoms with Crippen molar-refractivity contribution in [1.29, 1.82) is 0 Å². The summed E-state index contributed by atoms with van der Waals surface area (Å²) in [5.41, 5.74) is 0.661. The number of nitrogens with one attached hydrogen (secondary N) is 1. The zero-order chi connectivity index (χ0) is 14.1. The zero-order valence-electron chi connectivity index (χ0n) is 11.2. The highest BCUT2D eigenvalue weighted by Crippen LogP contribution is 2.38. The van der Waals surface area contributed by atoms with Crippen LogP contribution in [-0.4, -0.2) is 28.8 Å². The van der Waals surface area contributed by atoms with Gasteiger partial charge in [0.25, 0.3) is 0 Å². The number of rotatable bonds is 1. The van der Waals surface area contributed by atoms with Gasteiger partial charge >= 0.3 is 6.09 Å². The van der Waals surface area contributed by atoms with Crippen molar-refractivity contribution in [3.8, 4) is 0 Å². The third-order valence-corrected chi connectivity index (χ3v) is 4.74. The van der Waals surface area contributed by atoms with Crippen molar-refractivity contribution >= 4 is 33.5 Å². The second-order valence-corrected chi connectivity index (χ2v) is 6.44. The first-order valence-electron chi connectivity index (χ1n) is 7.08. The topological polar surface area (TPSA) is 65.5 Å². The van der Waals surface area contributed by atoms with Crippen LogP contribution in [-0.2, 0) is 0 Å². The summed E-state index contributed by atoms with van der Waals surface area (Å²) >= 11 is 3.37. The van der Waals surface area contributed by atoms with Crippen LogP contribution in [0.1, 0.15) is 32.1 Å². The Morgan fingerprint density at radius 3 is 2.85 bits per heavy atom. The number of carboxylic acid groups (broad SMARTS) is 1. The van der Waals surface area contributed by atoms with Gasteiger partial charge in [0.05, 0.1) is 11.7 Å². The molecule has 2 heterocycles. The maximum absolute atomic E-state index is 11.7. The van der Waals surface area contributed by atoms with Crippen LogP contribution in [0.4, 0.5) is 16.3 Å². The van der Waals surface area contributed by atoms with Crippen LogP contribution < -0.4 is 10.2 Å². The van der Waals surface area contributed by atoms with Gasteiger partial charge < -0.3 is 10.4 Å². The quantitative estimate of drug-likeness (QED) is 0.818. The average molecular weight is 340 g/mol. The first-order valence-corrected chi connectivity index (χ1v) is 7.87. The SMILES string of the molecule is O=C(O)N1c2cc(Br)cnc2NCC1C1CCCCC1. The minimum absolute atomic E-state index is 0.0106. The number of aromatic nitrogens is 1. The van der Waals surface area contributed by atoms with Crippen molar-refractivity contribution in [2.24, 2.45) is 5.92 Å². The van der Waals surface area contributed by atoms with Gasteiger partial charge in [-0.15, -0.1) is 0 Å². The monoisotopic (exact) mass is 339 g/mol. The maximum atomic E-state index is 11.7. The summed E-state index contributed by atoms with van der Waals surface area (Å²) in [6, 6.07) is 1.84. The molecule has 1 aliphatic carbocycles. The van der Waals surface area contributed by atoms with E-state index in [4.69, 9.17) is 0 Å². The summed E-state index contributed by atoms with van der Waals surface area (Å²) in [7, 11) is 0. The van der Waals surface area contributed by atoms with Gasteiger partial charge in [0.15, 0.2) is 0 Å². The smallest absolute Gasteiger partial charge is 0.412 e. The van der Waals surface area contributed by atoms with Crippen molar-refractivity contribution in [2.45, 2.75) is 38.1 Å². The number of halogens is 1. The van der Waals surface area contributed by atoms with Crippen LogP contribution in [0.5, 0.6) is 0 Å². The van der Waals surface area contributed by atoms with Gasteiger partial charge in [-0.05, 0) is 40.8 Å². The van der Waals surface area contributed by atoms with Gasteiger partial charge in [-0.3, -0.25) is 4.90 Å². The molecule has 1 aromatic rings. The van der Waals surface area contributed by atoms with Gasteiger partial charge in [-0.25, -0.2) is 9.78 Å².